The highest BCUT2D eigenvalue weighted by molar-refractivity contribution is 6.49. The van der Waals surface area contributed by atoms with Gasteiger partial charge in [-0.2, -0.15) is 0 Å². The number of halogens is 3. The molecule has 0 fully saturated rings. The van der Waals surface area contributed by atoms with E-state index in [4.69, 9.17) is 34.8 Å². The van der Waals surface area contributed by atoms with Crippen molar-refractivity contribution in [3.8, 4) is 0 Å². The van der Waals surface area contributed by atoms with Crippen LogP contribution in [0.15, 0.2) is 18.7 Å². The van der Waals surface area contributed by atoms with E-state index in [2.05, 4.69) is 6.58 Å². The molecule has 0 saturated carbocycles. The minimum Gasteiger partial charge on any atom is -0.545 e. The van der Waals surface area contributed by atoms with Crippen molar-refractivity contribution in [2.24, 2.45) is 0 Å². The van der Waals surface area contributed by atoms with E-state index in [1.165, 1.54) is 12.1 Å². The molecule has 0 bridgehead atoms. The van der Waals surface area contributed by atoms with E-state index in [-0.39, 0.29) is 26.2 Å². The van der Waals surface area contributed by atoms with Crippen molar-refractivity contribution in [3.05, 3.63) is 39.3 Å². The highest BCUT2D eigenvalue weighted by Crippen LogP contribution is 2.35. The van der Waals surface area contributed by atoms with Crippen LogP contribution in [0.1, 0.15) is 5.56 Å². The number of carboxylic acid groups (broad SMARTS) is 1. The molecule has 0 spiro atoms. The summed E-state index contributed by atoms with van der Waals surface area (Å²) in [7, 11) is 0. The van der Waals surface area contributed by atoms with Gasteiger partial charge in [0.05, 0.1) is 21.0 Å². The third-order valence-corrected chi connectivity index (χ3v) is 2.90. The molecule has 0 aromatic heterocycles. The molecule has 5 heteroatoms. The van der Waals surface area contributed by atoms with Crippen molar-refractivity contribution >= 4 is 46.3 Å². The molecule has 1 rings (SSSR count). The molecule has 0 unspecified atom stereocenters. The number of aliphatic carboxylic acids is 1. The molecular weight excluding hydrogens is 246 g/mol. The summed E-state index contributed by atoms with van der Waals surface area (Å²) in [5.41, 5.74) is -0.0189. The summed E-state index contributed by atoms with van der Waals surface area (Å²) in [5.74, 6) is -1.40. The zero-order chi connectivity index (χ0) is 10.9. The molecule has 1 aromatic rings. The first-order valence-electron chi connectivity index (χ1n) is 3.49. The first kappa shape index (κ1) is 11.4. The van der Waals surface area contributed by atoms with Gasteiger partial charge in [0.15, 0.2) is 0 Å². The molecule has 0 aliphatic heterocycles. The Bertz CT molecular complexity index is 413. The molecule has 2 nitrogen and oxygen atoms in total. The summed E-state index contributed by atoms with van der Waals surface area (Å²) < 4.78 is 0. The van der Waals surface area contributed by atoms with Crippen LogP contribution in [0.4, 0.5) is 0 Å². The molecule has 0 N–H and O–H groups in total. The van der Waals surface area contributed by atoms with Gasteiger partial charge in [-0.15, -0.1) is 0 Å². The van der Waals surface area contributed by atoms with Crippen molar-refractivity contribution in [2.45, 2.75) is 0 Å². The van der Waals surface area contributed by atoms with Gasteiger partial charge in [0.2, 0.25) is 0 Å². The van der Waals surface area contributed by atoms with Gasteiger partial charge in [-0.3, -0.25) is 0 Å². The maximum Gasteiger partial charge on any atom is 0.0784 e. The third-order valence-electron chi connectivity index (χ3n) is 1.61. The van der Waals surface area contributed by atoms with Gasteiger partial charge in [-0.05, 0) is 11.6 Å². The Morgan fingerprint density at radius 1 is 1.21 bits per heavy atom. The van der Waals surface area contributed by atoms with Crippen LogP contribution in [0.25, 0.3) is 5.57 Å². The second-order valence-electron chi connectivity index (χ2n) is 2.49. The average Bonchev–Trinajstić information content (AvgIpc) is 2.13. The molecule has 0 aliphatic carbocycles. The summed E-state index contributed by atoms with van der Waals surface area (Å²) in [5, 5.41) is 10.9. The number of hydrogen-bond donors (Lipinski definition) is 0. The quantitative estimate of drug-likeness (QED) is 0.597. The minimum absolute atomic E-state index is 0.0633. The van der Waals surface area contributed by atoms with Crippen LogP contribution in [0.3, 0.4) is 0 Å². The minimum atomic E-state index is -1.40. The number of hydrogen-bond acceptors (Lipinski definition) is 2. The van der Waals surface area contributed by atoms with Crippen molar-refractivity contribution in [1.82, 2.24) is 0 Å². The van der Waals surface area contributed by atoms with Gasteiger partial charge < -0.3 is 9.90 Å². The lowest BCUT2D eigenvalue weighted by molar-refractivity contribution is -0.295. The zero-order valence-corrected chi connectivity index (χ0v) is 9.08. The lowest BCUT2D eigenvalue weighted by atomic mass is 10.1. The molecular formula is C9H4Cl3O2-. The maximum atomic E-state index is 10.5. The highest BCUT2D eigenvalue weighted by atomic mass is 35.5. The Hall–Kier alpha value is -0.700. The molecule has 1 aromatic carbocycles. The van der Waals surface area contributed by atoms with E-state index in [0.717, 1.165) is 0 Å². The van der Waals surface area contributed by atoms with E-state index in [9.17, 15) is 9.90 Å². The second kappa shape index (κ2) is 4.22. The molecule has 74 valence electrons. The predicted octanol–water partition coefficient (Wildman–Crippen LogP) is 2.41. The van der Waals surface area contributed by atoms with E-state index < -0.39 is 5.97 Å². The normalized spacial score (nSPS) is 9.93. The van der Waals surface area contributed by atoms with Crippen LogP contribution in [0.2, 0.25) is 15.1 Å². The van der Waals surface area contributed by atoms with Gasteiger partial charge in [-0.1, -0.05) is 47.4 Å². The topological polar surface area (TPSA) is 40.1 Å². The van der Waals surface area contributed by atoms with Gasteiger partial charge in [-0.25, -0.2) is 0 Å². The van der Waals surface area contributed by atoms with Gasteiger partial charge in [0, 0.05) is 5.56 Å². The largest absolute Gasteiger partial charge is 0.545 e. The standard InChI is InChI=1S/C9H5Cl3O2/c1-4(9(13)14)5-2-3-6(10)8(12)7(5)11/h2-3H,1H2,(H,13,14)/p-1. The monoisotopic (exact) mass is 249 g/mol. The lowest BCUT2D eigenvalue weighted by Crippen LogP contribution is -2.23. The van der Waals surface area contributed by atoms with Crippen LogP contribution in [0.5, 0.6) is 0 Å². The fraction of sp³-hybridized carbons (Fsp3) is 0. The number of rotatable bonds is 2. The van der Waals surface area contributed by atoms with Crippen molar-refractivity contribution in [1.29, 1.82) is 0 Å². The third kappa shape index (κ3) is 2.03. The van der Waals surface area contributed by atoms with Crippen molar-refractivity contribution in [3.63, 3.8) is 0 Å². The second-order valence-corrected chi connectivity index (χ2v) is 3.65. The molecule has 0 aliphatic rings. The maximum absolute atomic E-state index is 10.5. The average molecular weight is 250 g/mol. The fourth-order valence-corrected chi connectivity index (χ4v) is 1.52. The van der Waals surface area contributed by atoms with Crippen molar-refractivity contribution < 1.29 is 9.90 Å². The number of carboxylic acids is 1. The molecule has 0 atom stereocenters. The summed E-state index contributed by atoms with van der Waals surface area (Å²) >= 11 is 17.1. The summed E-state index contributed by atoms with van der Waals surface area (Å²) in [4.78, 5) is 10.5. The van der Waals surface area contributed by atoms with Gasteiger partial charge >= 0.3 is 0 Å². The van der Waals surface area contributed by atoms with Crippen LogP contribution < -0.4 is 5.11 Å². The molecule has 14 heavy (non-hydrogen) atoms. The molecule has 0 heterocycles. The van der Waals surface area contributed by atoms with E-state index in [0.29, 0.717) is 0 Å². The van der Waals surface area contributed by atoms with Crippen LogP contribution in [-0.4, -0.2) is 5.97 Å². The van der Waals surface area contributed by atoms with Gasteiger partial charge in [0.1, 0.15) is 0 Å². The zero-order valence-electron chi connectivity index (χ0n) is 6.81. The number of benzene rings is 1. The molecule has 0 radical (unpaired) electrons. The van der Waals surface area contributed by atoms with Crippen LogP contribution >= 0.6 is 34.8 Å². The Kier molecular flexibility index (Phi) is 3.43. The summed E-state index contributed by atoms with van der Waals surface area (Å²) in [6, 6.07) is 2.87. The van der Waals surface area contributed by atoms with Gasteiger partial charge in [0.25, 0.3) is 0 Å². The lowest BCUT2D eigenvalue weighted by Gasteiger charge is -2.10. The summed E-state index contributed by atoms with van der Waals surface area (Å²) in [6.45, 7) is 3.31. The fourth-order valence-electron chi connectivity index (χ4n) is 0.869. The van der Waals surface area contributed by atoms with E-state index in [1.54, 1.807) is 0 Å². The SMILES string of the molecule is C=C(C(=O)[O-])c1ccc(Cl)c(Cl)c1Cl. The Morgan fingerprint density at radius 2 is 1.79 bits per heavy atom. The smallest absolute Gasteiger partial charge is 0.0784 e. The predicted molar refractivity (Wildman–Crippen MR) is 55.5 cm³/mol. The van der Waals surface area contributed by atoms with E-state index in [1.807, 2.05) is 0 Å². The van der Waals surface area contributed by atoms with Crippen molar-refractivity contribution in [2.75, 3.05) is 0 Å². The first-order valence-corrected chi connectivity index (χ1v) is 4.62. The highest BCUT2D eigenvalue weighted by Gasteiger charge is 2.11. The van der Waals surface area contributed by atoms with E-state index >= 15 is 0 Å². The number of carbonyl (C=O) groups excluding carboxylic acids is 1. The Morgan fingerprint density at radius 3 is 2.29 bits per heavy atom. The first-order chi connectivity index (χ1) is 6.45. The van der Waals surface area contributed by atoms with Crippen LogP contribution in [0, 0.1) is 0 Å². The number of carbonyl (C=O) groups is 1. The Labute approximate surface area is 95.7 Å². The van der Waals surface area contributed by atoms with Crippen LogP contribution in [-0.2, 0) is 4.79 Å². The summed E-state index contributed by atoms with van der Waals surface area (Å²) in [6.07, 6.45) is 0. The Balaban J connectivity index is 3.31. The molecule has 0 amide bonds. The molecule has 0 saturated heterocycles.